The average molecular weight is 255 g/mol. The molecule has 0 spiro atoms. The first-order chi connectivity index (χ1) is 8.03. The monoisotopic (exact) mass is 255 g/mol. The van der Waals surface area contributed by atoms with Gasteiger partial charge in [-0.2, -0.15) is 4.72 Å². The summed E-state index contributed by atoms with van der Waals surface area (Å²) in [5.41, 5.74) is 0. The van der Waals surface area contributed by atoms with Gasteiger partial charge in [0, 0.05) is 12.7 Å². The van der Waals surface area contributed by atoms with Gasteiger partial charge in [0.15, 0.2) is 5.03 Å². The molecule has 5 nitrogen and oxygen atoms in total. The molecule has 6 heteroatoms. The number of sulfonamides is 1. The predicted octanol–water partition coefficient (Wildman–Crippen LogP) is 0.983. The van der Waals surface area contributed by atoms with E-state index in [1.165, 1.54) is 12.5 Å². The number of hydrogen-bond acceptors (Lipinski definition) is 3. The zero-order valence-electron chi connectivity index (χ0n) is 10.0. The van der Waals surface area contributed by atoms with Crippen molar-refractivity contribution >= 4 is 10.0 Å². The summed E-state index contributed by atoms with van der Waals surface area (Å²) in [4.78, 5) is 3.85. The van der Waals surface area contributed by atoms with Crippen molar-refractivity contribution in [1.82, 2.24) is 14.3 Å². The average Bonchev–Trinajstić information content (AvgIpc) is 2.77. The van der Waals surface area contributed by atoms with Crippen LogP contribution >= 0.6 is 0 Å². The molecule has 0 saturated heterocycles. The maximum absolute atomic E-state index is 11.9. The summed E-state index contributed by atoms with van der Waals surface area (Å²) in [6.45, 7) is 4.54. The van der Waals surface area contributed by atoms with Crippen molar-refractivity contribution in [2.24, 2.45) is 0 Å². The number of rotatable bonds is 6. The molecular formula is C11H17N3O2S. The number of aromatic nitrogens is 2. The molecule has 0 aromatic carbocycles. The van der Waals surface area contributed by atoms with Crippen LogP contribution in [-0.4, -0.2) is 24.0 Å². The topological polar surface area (TPSA) is 64.0 Å². The second-order valence-electron chi connectivity index (χ2n) is 3.67. The zero-order chi connectivity index (χ0) is 12.9. The Balaban J connectivity index is 2.85. The summed E-state index contributed by atoms with van der Waals surface area (Å²) >= 11 is 0. The maximum atomic E-state index is 11.9. The molecule has 0 aliphatic carbocycles. The van der Waals surface area contributed by atoms with Gasteiger partial charge in [0.05, 0.1) is 12.4 Å². The standard InChI is InChI=1S/C11H17N3O2S/c1-4-7-10(5-2)13-17(15,16)11-8-14(6-3)9-12-11/h2,8-10,13H,4,6-7H2,1,3H3. The molecule has 94 valence electrons. The lowest BCUT2D eigenvalue weighted by Crippen LogP contribution is -2.33. The van der Waals surface area contributed by atoms with Gasteiger partial charge in [-0.1, -0.05) is 19.3 Å². The third-order valence-corrected chi connectivity index (χ3v) is 3.68. The molecule has 0 aliphatic rings. The van der Waals surface area contributed by atoms with Gasteiger partial charge in [0.25, 0.3) is 10.0 Å². The van der Waals surface area contributed by atoms with Gasteiger partial charge in [-0.25, -0.2) is 13.4 Å². The number of nitrogens with one attached hydrogen (secondary N) is 1. The minimum atomic E-state index is -3.61. The van der Waals surface area contributed by atoms with E-state index in [1.54, 1.807) is 4.57 Å². The third kappa shape index (κ3) is 3.58. The molecule has 0 fully saturated rings. The molecule has 1 aromatic heterocycles. The SMILES string of the molecule is C#CC(CCC)NS(=O)(=O)c1cn(CC)cn1. The van der Waals surface area contributed by atoms with Gasteiger partial charge in [-0.15, -0.1) is 6.42 Å². The Bertz CT molecular complexity index is 499. The molecule has 1 rings (SSSR count). The van der Waals surface area contributed by atoms with Crippen LogP contribution in [0, 0.1) is 12.3 Å². The van der Waals surface area contributed by atoms with E-state index < -0.39 is 16.1 Å². The van der Waals surface area contributed by atoms with Gasteiger partial charge in [0.1, 0.15) is 0 Å². The summed E-state index contributed by atoms with van der Waals surface area (Å²) in [6, 6.07) is -0.475. The maximum Gasteiger partial charge on any atom is 0.260 e. The number of imidazole rings is 1. The van der Waals surface area contributed by atoms with Crippen molar-refractivity contribution in [2.75, 3.05) is 0 Å². The highest BCUT2D eigenvalue weighted by atomic mass is 32.2. The smallest absolute Gasteiger partial charge is 0.260 e. The van der Waals surface area contributed by atoms with E-state index in [0.717, 1.165) is 6.42 Å². The Hall–Kier alpha value is -1.32. The van der Waals surface area contributed by atoms with Gasteiger partial charge in [0.2, 0.25) is 0 Å². The van der Waals surface area contributed by atoms with Crippen molar-refractivity contribution in [3.8, 4) is 12.3 Å². The molecule has 1 aromatic rings. The van der Waals surface area contributed by atoms with Crippen LogP contribution in [0.3, 0.4) is 0 Å². The fraction of sp³-hybridized carbons (Fsp3) is 0.545. The summed E-state index contributed by atoms with van der Waals surface area (Å²) in [7, 11) is -3.61. The largest absolute Gasteiger partial charge is 0.336 e. The van der Waals surface area contributed by atoms with Crippen LogP contribution < -0.4 is 4.72 Å². The van der Waals surface area contributed by atoms with Crippen LogP contribution in [0.5, 0.6) is 0 Å². The van der Waals surface area contributed by atoms with E-state index in [1.807, 2.05) is 13.8 Å². The van der Waals surface area contributed by atoms with Gasteiger partial charge in [-0.05, 0) is 13.3 Å². The second kappa shape index (κ2) is 5.84. The van der Waals surface area contributed by atoms with Crippen molar-refractivity contribution in [3.05, 3.63) is 12.5 Å². The Morgan fingerprint density at radius 2 is 2.29 bits per heavy atom. The Kier molecular flexibility index (Phi) is 4.73. The summed E-state index contributed by atoms with van der Waals surface area (Å²) in [5, 5.41) is 0.00991. The van der Waals surface area contributed by atoms with Gasteiger partial charge in [-0.3, -0.25) is 0 Å². The normalized spacial score (nSPS) is 13.2. The highest BCUT2D eigenvalue weighted by Crippen LogP contribution is 2.07. The van der Waals surface area contributed by atoms with Crippen LogP contribution in [0.15, 0.2) is 17.6 Å². The van der Waals surface area contributed by atoms with E-state index >= 15 is 0 Å². The molecule has 0 amide bonds. The molecule has 0 aliphatic heterocycles. The highest BCUT2D eigenvalue weighted by Gasteiger charge is 2.20. The van der Waals surface area contributed by atoms with Crippen molar-refractivity contribution in [1.29, 1.82) is 0 Å². The Morgan fingerprint density at radius 1 is 1.59 bits per heavy atom. The van der Waals surface area contributed by atoms with E-state index in [-0.39, 0.29) is 5.03 Å². The Labute approximate surface area is 102 Å². The van der Waals surface area contributed by atoms with Crippen molar-refractivity contribution < 1.29 is 8.42 Å². The molecule has 0 bridgehead atoms. The minimum absolute atomic E-state index is 0.00991. The quantitative estimate of drug-likeness (QED) is 0.771. The molecule has 0 radical (unpaired) electrons. The van der Waals surface area contributed by atoms with Crippen LogP contribution in [0.25, 0.3) is 0 Å². The number of terminal acetylenes is 1. The molecule has 1 atom stereocenters. The molecule has 1 unspecified atom stereocenters. The fourth-order valence-electron chi connectivity index (χ4n) is 1.36. The van der Waals surface area contributed by atoms with E-state index in [0.29, 0.717) is 13.0 Å². The van der Waals surface area contributed by atoms with Crippen LogP contribution in [-0.2, 0) is 16.6 Å². The predicted molar refractivity (Wildman–Crippen MR) is 65.8 cm³/mol. The highest BCUT2D eigenvalue weighted by molar-refractivity contribution is 7.89. The minimum Gasteiger partial charge on any atom is -0.336 e. The van der Waals surface area contributed by atoms with Crippen LogP contribution in [0.2, 0.25) is 0 Å². The number of nitrogens with zero attached hydrogens (tertiary/aromatic N) is 2. The van der Waals surface area contributed by atoms with E-state index in [9.17, 15) is 8.42 Å². The van der Waals surface area contributed by atoms with Gasteiger partial charge >= 0.3 is 0 Å². The fourth-order valence-corrected chi connectivity index (χ4v) is 2.51. The molecule has 1 heterocycles. The second-order valence-corrected chi connectivity index (χ2v) is 5.33. The molecule has 1 N–H and O–H groups in total. The molecule has 17 heavy (non-hydrogen) atoms. The Morgan fingerprint density at radius 3 is 2.76 bits per heavy atom. The molecule has 0 saturated carbocycles. The summed E-state index contributed by atoms with van der Waals surface area (Å²) in [5.74, 6) is 2.42. The third-order valence-electron chi connectivity index (χ3n) is 2.33. The first-order valence-corrected chi connectivity index (χ1v) is 7.02. The summed E-state index contributed by atoms with van der Waals surface area (Å²) in [6.07, 6.45) is 9.68. The number of hydrogen-bond donors (Lipinski definition) is 1. The molecular weight excluding hydrogens is 238 g/mol. The van der Waals surface area contributed by atoms with Gasteiger partial charge < -0.3 is 4.57 Å². The van der Waals surface area contributed by atoms with Crippen LogP contribution in [0.1, 0.15) is 26.7 Å². The first-order valence-electron chi connectivity index (χ1n) is 5.53. The zero-order valence-corrected chi connectivity index (χ0v) is 10.9. The van der Waals surface area contributed by atoms with E-state index in [2.05, 4.69) is 15.6 Å². The van der Waals surface area contributed by atoms with Crippen LogP contribution in [0.4, 0.5) is 0 Å². The number of aryl methyl sites for hydroxylation is 1. The first kappa shape index (κ1) is 13.7. The lowest BCUT2D eigenvalue weighted by atomic mass is 10.2. The van der Waals surface area contributed by atoms with Crippen molar-refractivity contribution in [3.63, 3.8) is 0 Å². The summed E-state index contributed by atoms with van der Waals surface area (Å²) < 4.78 is 28.0. The lowest BCUT2D eigenvalue weighted by Gasteiger charge is -2.10. The lowest BCUT2D eigenvalue weighted by molar-refractivity contribution is 0.561. The van der Waals surface area contributed by atoms with E-state index in [4.69, 9.17) is 6.42 Å². The van der Waals surface area contributed by atoms with Crippen molar-refractivity contribution in [2.45, 2.75) is 44.3 Å².